The minimum Gasteiger partial charge on any atom is -0.508 e. The largest absolute Gasteiger partial charge is 0.508 e. The lowest BCUT2D eigenvalue weighted by molar-refractivity contribution is 0.0472. The van der Waals surface area contributed by atoms with E-state index < -0.39 is 15.4 Å². The standard InChI is InChI=1S/C12H18O4S/c1-12(14,8-3-9-17(2,15)16)10-4-6-11(13)7-5-10/h4-7,13-14H,3,8-9H2,1-2H3. The van der Waals surface area contributed by atoms with Gasteiger partial charge in [-0.1, -0.05) is 12.1 Å². The molecule has 1 unspecified atom stereocenters. The van der Waals surface area contributed by atoms with Crippen LogP contribution in [0.2, 0.25) is 0 Å². The lowest BCUT2D eigenvalue weighted by atomic mass is 9.91. The van der Waals surface area contributed by atoms with Gasteiger partial charge in [0.2, 0.25) is 0 Å². The molecular formula is C12H18O4S. The Morgan fingerprint density at radius 3 is 2.24 bits per heavy atom. The molecular weight excluding hydrogens is 240 g/mol. The van der Waals surface area contributed by atoms with Crippen molar-refractivity contribution in [3.63, 3.8) is 0 Å². The van der Waals surface area contributed by atoms with Crippen LogP contribution in [-0.2, 0) is 15.4 Å². The maximum Gasteiger partial charge on any atom is 0.147 e. The molecule has 17 heavy (non-hydrogen) atoms. The Kier molecular flexibility index (Phi) is 4.16. The number of rotatable bonds is 5. The highest BCUT2D eigenvalue weighted by Gasteiger charge is 2.23. The van der Waals surface area contributed by atoms with Crippen molar-refractivity contribution in [3.05, 3.63) is 29.8 Å². The second-order valence-corrected chi connectivity index (χ2v) is 6.81. The highest BCUT2D eigenvalue weighted by Crippen LogP contribution is 2.27. The van der Waals surface area contributed by atoms with Crippen molar-refractivity contribution in [3.8, 4) is 5.75 Å². The Morgan fingerprint density at radius 2 is 1.76 bits per heavy atom. The molecule has 0 heterocycles. The van der Waals surface area contributed by atoms with Crippen LogP contribution in [0.5, 0.6) is 5.75 Å². The predicted octanol–water partition coefficient (Wildman–Crippen LogP) is 1.42. The molecule has 1 atom stereocenters. The van der Waals surface area contributed by atoms with Crippen molar-refractivity contribution in [2.75, 3.05) is 12.0 Å². The maximum absolute atomic E-state index is 11.0. The third-order valence-corrected chi connectivity index (χ3v) is 3.70. The van der Waals surface area contributed by atoms with Gasteiger partial charge in [-0.05, 0) is 37.5 Å². The fourth-order valence-electron chi connectivity index (χ4n) is 1.64. The van der Waals surface area contributed by atoms with Crippen LogP contribution in [0.4, 0.5) is 0 Å². The summed E-state index contributed by atoms with van der Waals surface area (Å²) in [6, 6.07) is 6.27. The van der Waals surface area contributed by atoms with Crippen molar-refractivity contribution in [1.82, 2.24) is 0 Å². The first-order chi connectivity index (χ1) is 7.71. The molecule has 0 amide bonds. The van der Waals surface area contributed by atoms with Crippen LogP contribution in [0, 0.1) is 0 Å². The van der Waals surface area contributed by atoms with Crippen LogP contribution in [-0.4, -0.2) is 30.6 Å². The first kappa shape index (κ1) is 14.0. The van der Waals surface area contributed by atoms with Gasteiger partial charge < -0.3 is 10.2 Å². The van der Waals surface area contributed by atoms with Gasteiger partial charge in [-0.3, -0.25) is 0 Å². The molecule has 96 valence electrons. The molecule has 4 nitrogen and oxygen atoms in total. The van der Waals surface area contributed by atoms with Gasteiger partial charge in [0.05, 0.1) is 5.60 Å². The minimum absolute atomic E-state index is 0.0707. The second-order valence-electron chi connectivity index (χ2n) is 4.55. The first-order valence-electron chi connectivity index (χ1n) is 5.40. The van der Waals surface area contributed by atoms with Crippen LogP contribution < -0.4 is 0 Å². The molecule has 0 aliphatic carbocycles. The summed E-state index contributed by atoms with van der Waals surface area (Å²) in [4.78, 5) is 0. The summed E-state index contributed by atoms with van der Waals surface area (Å²) in [5, 5.41) is 19.3. The van der Waals surface area contributed by atoms with Gasteiger partial charge in [-0.15, -0.1) is 0 Å². The van der Waals surface area contributed by atoms with E-state index in [2.05, 4.69) is 0 Å². The summed E-state index contributed by atoms with van der Waals surface area (Å²) < 4.78 is 22.0. The number of sulfone groups is 1. The third-order valence-electron chi connectivity index (χ3n) is 2.67. The molecule has 1 rings (SSSR count). The fourth-order valence-corrected chi connectivity index (χ4v) is 2.31. The zero-order chi connectivity index (χ0) is 13.1. The Hall–Kier alpha value is -1.07. The quantitative estimate of drug-likeness (QED) is 0.837. The van der Waals surface area contributed by atoms with Crippen LogP contribution >= 0.6 is 0 Å². The molecule has 1 aromatic carbocycles. The summed E-state index contributed by atoms with van der Waals surface area (Å²) >= 11 is 0. The molecule has 0 saturated carbocycles. The van der Waals surface area contributed by atoms with Gasteiger partial charge in [0.25, 0.3) is 0 Å². The molecule has 0 bridgehead atoms. The van der Waals surface area contributed by atoms with Crippen LogP contribution in [0.3, 0.4) is 0 Å². The van der Waals surface area contributed by atoms with E-state index >= 15 is 0 Å². The Morgan fingerprint density at radius 1 is 1.24 bits per heavy atom. The number of benzene rings is 1. The lowest BCUT2D eigenvalue weighted by Crippen LogP contribution is -2.22. The van der Waals surface area contributed by atoms with E-state index in [1.54, 1.807) is 19.1 Å². The molecule has 0 fully saturated rings. The number of hydrogen-bond acceptors (Lipinski definition) is 4. The number of aromatic hydroxyl groups is 1. The van der Waals surface area contributed by atoms with Crippen molar-refractivity contribution >= 4 is 9.84 Å². The topological polar surface area (TPSA) is 74.6 Å². The predicted molar refractivity (Wildman–Crippen MR) is 66.6 cm³/mol. The molecule has 5 heteroatoms. The van der Waals surface area contributed by atoms with E-state index in [9.17, 15) is 13.5 Å². The molecule has 0 aliphatic rings. The normalized spacial score (nSPS) is 15.5. The van der Waals surface area contributed by atoms with Crippen LogP contribution in [0.1, 0.15) is 25.3 Å². The molecule has 0 aromatic heterocycles. The Bertz CT molecular complexity index is 460. The second kappa shape index (κ2) is 5.06. The van der Waals surface area contributed by atoms with E-state index in [1.807, 2.05) is 0 Å². The summed E-state index contributed by atoms with van der Waals surface area (Å²) in [5.41, 5.74) is -0.401. The fraction of sp³-hybridized carbons (Fsp3) is 0.500. The van der Waals surface area contributed by atoms with E-state index in [1.165, 1.54) is 18.4 Å². The van der Waals surface area contributed by atoms with Crippen molar-refractivity contribution in [1.29, 1.82) is 0 Å². The highest BCUT2D eigenvalue weighted by atomic mass is 32.2. The third kappa shape index (κ3) is 4.75. The average molecular weight is 258 g/mol. The Labute approximate surface area is 102 Å². The van der Waals surface area contributed by atoms with Crippen LogP contribution in [0.25, 0.3) is 0 Å². The zero-order valence-corrected chi connectivity index (χ0v) is 10.9. The number of phenols is 1. The van der Waals surface area contributed by atoms with Crippen molar-refractivity contribution in [2.24, 2.45) is 0 Å². The Balaban J connectivity index is 2.65. The highest BCUT2D eigenvalue weighted by molar-refractivity contribution is 7.90. The van der Waals surface area contributed by atoms with E-state index in [-0.39, 0.29) is 11.5 Å². The van der Waals surface area contributed by atoms with E-state index in [0.29, 0.717) is 18.4 Å². The summed E-state index contributed by atoms with van der Waals surface area (Å²) in [5.74, 6) is 0.210. The molecule has 0 aliphatic heterocycles. The van der Waals surface area contributed by atoms with Gasteiger partial charge in [-0.2, -0.15) is 0 Å². The summed E-state index contributed by atoms with van der Waals surface area (Å²) in [7, 11) is -2.99. The van der Waals surface area contributed by atoms with Crippen molar-refractivity contribution < 1.29 is 18.6 Å². The van der Waals surface area contributed by atoms with Gasteiger partial charge in [0, 0.05) is 12.0 Å². The van der Waals surface area contributed by atoms with Crippen molar-refractivity contribution in [2.45, 2.75) is 25.4 Å². The summed E-state index contributed by atoms with van der Waals surface area (Å²) in [6.45, 7) is 1.64. The molecule has 2 N–H and O–H groups in total. The summed E-state index contributed by atoms with van der Waals surface area (Å²) in [6.07, 6.45) is 1.96. The molecule has 1 aromatic rings. The van der Waals surface area contributed by atoms with Gasteiger partial charge in [-0.25, -0.2) is 8.42 Å². The maximum atomic E-state index is 11.0. The van der Waals surface area contributed by atoms with E-state index in [0.717, 1.165) is 0 Å². The SMILES string of the molecule is CC(O)(CCCS(C)(=O)=O)c1ccc(O)cc1. The minimum atomic E-state index is -2.99. The number of aliphatic hydroxyl groups is 1. The molecule has 0 saturated heterocycles. The number of hydrogen-bond donors (Lipinski definition) is 2. The monoisotopic (exact) mass is 258 g/mol. The van der Waals surface area contributed by atoms with Gasteiger partial charge in [0.15, 0.2) is 0 Å². The van der Waals surface area contributed by atoms with Gasteiger partial charge in [0.1, 0.15) is 15.6 Å². The van der Waals surface area contributed by atoms with Crippen LogP contribution in [0.15, 0.2) is 24.3 Å². The molecule has 0 spiro atoms. The van der Waals surface area contributed by atoms with E-state index in [4.69, 9.17) is 5.11 Å². The number of phenolic OH excluding ortho intramolecular Hbond substituents is 1. The van der Waals surface area contributed by atoms with Gasteiger partial charge >= 0.3 is 0 Å². The molecule has 0 radical (unpaired) electrons. The zero-order valence-electron chi connectivity index (χ0n) is 10.0. The lowest BCUT2D eigenvalue weighted by Gasteiger charge is -2.23. The smallest absolute Gasteiger partial charge is 0.147 e. The average Bonchev–Trinajstić information content (AvgIpc) is 2.15. The first-order valence-corrected chi connectivity index (χ1v) is 7.46.